The number of thiazole rings is 1. The van der Waals surface area contributed by atoms with Crippen LogP contribution >= 0.6 is 11.3 Å². The first-order valence-electron chi connectivity index (χ1n) is 9.82. The van der Waals surface area contributed by atoms with Crippen LogP contribution in [-0.4, -0.2) is 41.4 Å². The van der Waals surface area contributed by atoms with Gasteiger partial charge in [0.05, 0.1) is 10.2 Å². The van der Waals surface area contributed by atoms with E-state index >= 15 is 0 Å². The molecule has 4 rings (SSSR count). The standard InChI is InChI=1S/C22H23N3O3S/c26-20(25-11-5-2-6-12-25)15-28-17-9-10-18-19(13-17)29-22(24-18)21(27)23-14-16-7-3-1-4-8-16/h1,3-4,7-10,13H,2,5-6,11-12,14-15H2,(H,23,27). The molecule has 1 aliphatic rings. The number of hydrogen-bond acceptors (Lipinski definition) is 5. The van der Waals surface area contributed by atoms with E-state index in [1.54, 1.807) is 6.07 Å². The zero-order chi connectivity index (χ0) is 20.1. The number of nitrogens with one attached hydrogen (secondary N) is 1. The van der Waals surface area contributed by atoms with Gasteiger partial charge in [-0.2, -0.15) is 0 Å². The van der Waals surface area contributed by atoms with Gasteiger partial charge in [0.25, 0.3) is 11.8 Å². The van der Waals surface area contributed by atoms with Crippen LogP contribution in [0.3, 0.4) is 0 Å². The van der Waals surface area contributed by atoms with Crippen LogP contribution in [0.2, 0.25) is 0 Å². The molecule has 0 bridgehead atoms. The lowest BCUT2D eigenvalue weighted by atomic mass is 10.1. The van der Waals surface area contributed by atoms with Crippen LogP contribution in [0, 0.1) is 0 Å². The van der Waals surface area contributed by atoms with Gasteiger partial charge in [0.1, 0.15) is 5.75 Å². The first-order valence-corrected chi connectivity index (χ1v) is 10.6. The van der Waals surface area contributed by atoms with E-state index < -0.39 is 0 Å². The molecule has 150 valence electrons. The SMILES string of the molecule is O=C(NCc1ccccc1)c1nc2ccc(OCC(=O)N3CCCCC3)cc2s1. The molecule has 2 heterocycles. The minimum absolute atomic E-state index is 0.0232. The van der Waals surface area contributed by atoms with Crippen molar-refractivity contribution in [3.05, 3.63) is 59.1 Å². The fourth-order valence-electron chi connectivity index (χ4n) is 3.33. The summed E-state index contributed by atoms with van der Waals surface area (Å²) in [7, 11) is 0. The first kappa shape index (κ1) is 19.4. The number of amides is 2. The second-order valence-corrected chi connectivity index (χ2v) is 8.08. The van der Waals surface area contributed by atoms with E-state index in [1.165, 1.54) is 17.8 Å². The Morgan fingerprint density at radius 2 is 1.86 bits per heavy atom. The second kappa shape index (κ2) is 9.05. The van der Waals surface area contributed by atoms with Gasteiger partial charge in [0, 0.05) is 19.6 Å². The lowest BCUT2D eigenvalue weighted by molar-refractivity contribution is -0.134. The number of benzene rings is 2. The Balaban J connectivity index is 1.36. The zero-order valence-corrected chi connectivity index (χ0v) is 16.9. The lowest BCUT2D eigenvalue weighted by Gasteiger charge is -2.26. The van der Waals surface area contributed by atoms with E-state index in [4.69, 9.17) is 4.74 Å². The minimum Gasteiger partial charge on any atom is -0.484 e. The molecule has 29 heavy (non-hydrogen) atoms. The van der Waals surface area contributed by atoms with Crippen molar-refractivity contribution in [1.29, 1.82) is 0 Å². The number of ether oxygens (including phenoxy) is 1. The Kier molecular flexibility index (Phi) is 6.05. The van der Waals surface area contributed by atoms with Gasteiger partial charge < -0.3 is 15.0 Å². The van der Waals surface area contributed by atoms with E-state index in [0.717, 1.165) is 41.7 Å². The highest BCUT2D eigenvalue weighted by molar-refractivity contribution is 7.20. The maximum atomic E-state index is 12.4. The topological polar surface area (TPSA) is 71.5 Å². The van der Waals surface area contributed by atoms with Crippen molar-refractivity contribution in [2.24, 2.45) is 0 Å². The highest BCUT2D eigenvalue weighted by Crippen LogP contribution is 2.26. The molecule has 3 aromatic rings. The molecule has 0 spiro atoms. The van der Waals surface area contributed by atoms with Crippen LogP contribution in [0.4, 0.5) is 0 Å². The average Bonchev–Trinajstić information content (AvgIpc) is 3.20. The molecule has 1 saturated heterocycles. The van der Waals surface area contributed by atoms with E-state index in [0.29, 0.717) is 17.3 Å². The third-order valence-electron chi connectivity index (χ3n) is 4.92. The number of rotatable bonds is 6. The predicted molar refractivity (Wildman–Crippen MR) is 113 cm³/mol. The summed E-state index contributed by atoms with van der Waals surface area (Å²) in [6.07, 6.45) is 3.31. The molecule has 0 aliphatic carbocycles. The predicted octanol–water partition coefficient (Wildman–Crippen LogP) is 3.62. The van der Waals surface area contributed by atoms with Gasteiger partial charge in [-0.25, -0.2) is 4.98 Å². The summed E-state index contributed by atoms with van der Waals surface area (Å²) in [5, 5.41) is 3.31. The molecule has 1 fully saturated rings. The van der Waals surface area contributed by atoms with Crippen molar-refractivity contribution < 1.29 is 14.3 Å². The van der Waals surface area contributed by atoms with Crippen LogP contribution in [0.1, 0.15) is 34.6 Å². The third kappa shape index (κ3) is 4.92. The Bertz CT molecular complexity index is 997. The number of likely N-dealkylation sites (tertiary alicyclic amines) is 1. The molecule has 0 unspecified atom stereocenters. The lowest BCUT2D eigenvalue weighted by Crippen LogP contribution is -2.38. The van der Waals surface area contributed by atoms with Crippen LogP contribution in [0.5, 0.6) is 5.75 Å². The number of carbonyl (C=O) groups is 2. The summed E-state index contributed by atoms with van der Waals surface area (Å²) in [5.41, 5.74) is 1.78. The molecule has 0 atom stereocenters. The minimum atomic E-state index is -0.196. The van der Waals surface area contributed by atoms with Gasteiger partial charge >= 0.3 is 0 Å². The molecule has 1 N–H and O–H groups in total. The Labute approximate surface area is 173 Å². The number of nitrogens with zero attached hydrogens (tertiary/aromatic N) is 2. The van der Waals surface area contributed by atoms with Crippen LogP contribution < -0.4 is 10.1 Å². The fourth-order valence-corrected chi connectivity index (χ4v) is 4.24. The second-order valence-electron chi connectivity index (χ2n) is 7.05. The molecule has 0 radical (unpaired) electrons. The molecule has 1 aromatic heterocycles. The molecule has 2 amide bonds. The quantitative estimate of drug-likeness (QED) is 0.675. The summed E-state index contributed by atoms with van der Waals surface area (Å²) >= 11 is 1.32. The van der Waals surface area contributed by atoms with Gasteiger partial charge in [0.2, 0.25) is 0 Å². The van der Waals surface area contributed by atoms with Gasteiger partial charge in [-0.3, -0.25) is 9.59 Å². The first-order chi connectivity index (χ1) is 14.2. The fraction of sp³-hybridized carbons (Fsp3) is 0.318. The van der Waals surface area contributed by atoms with Crippen molar-refractivity contribution in [1.82, 2.24) is 15.2 Å². The summed E-state index contributed by atoms with van der Waals surface area (Å²) < 4.78 is 6.55. The molecule has 0 saturated carbocycles. The maximum absolute atomic E-state index is 12.4. The number of carbonyl (C=O) groups excluding carboxylic acids is 2. The van der Waals surface area contributed by atoms with E-state index in [1.807, 2.05) is 47.4 Å². The summed E-state index contributed by atoms with van der Waals surface area (Å²) in [4.78, 5) is 30.9. The van der Waals surface area contributed by atoms with Crippen molar-refractivity contribution >= 4 is 33.4 Å². The van der Waals surface area contributed by atoms with Gasteiger partial charge in [-0.15, -0.1) is 11.3 Å². The smallest absolute Gasteiger partial charge is 0.280 e. The Morgan fingerprint density at radius 3 is 2.66 bits per heavy atom. The van der Waals surface area contributed by atoms with Crippen molar-refractivity contribution in [3.8, 4) is 5.75 Å². The molecule has 2 aromatic carbocycles. The maximum Gasteiger partial charge on any atom is 0.280 e. The van der Waals surface area contributed by atoms with Crippen molar-refractivity contribution in [2.75, 3.05) is 19.7 Å². The molecule has 7 heteroatoms. The third-order valence-corrected chi connectivity index (χ3v) is 5.94. The molecule has 6 nitrogen and oxygen atoms in total. The molecular weight excluding hydrogens is 386 g/mol. The van der Waals surface area contributed by atoms with Gasteiger partial charge in [-0.05, 0) is 43.0 Å². The Morgan fingerprint density at radius 1 is 1.07 bits per heavy atom. The normalized spacial score (nSPS) is 14.0. The molecular formula is C22H23N3O3S. The van der Waals surface area contributed by atoms with Crippen molar-refractivity contribution in [2.45, 2.75) is 25.8 Å². The molecule has 1 aliphatic heterocycles. The number of hydrogen-bond donors (Lipinski definition) is 1. The zero-order valence-electron chi connectivity index (χ0n) is 16.1. The Hall–Kier alpha value is -2.93. The van der Waals surface area contributed by atoms with Crippen LogP contribution in [0.15, 0.2) is 48.5 Å². The van der Waals surface area contributed by atoms with Gasteiger partial charge in [-0.1, -0.05) is 30.3 Å². The highest BCUT2D eigenvalue weighted by Gasteiger charge is 2.17. The average molecular weight is 410 g/mol. The van der Waals surface area contributed by atoms with E-state index in [-0.39, 0.29) is 18.4 Å². The summed E-state index contributed by atoms with van der Waals surface area (Å²) in [6.45, 7) is 2.13. The van der Waals surface area contributed by atoms with Crippen LogP contribution in [-0.2, 0) is 11.3 Å². The van der Waals surface area contributed by atoms with Crippen molar-refractivity contribution in [3.63, 3.8) is 0 Å². The number of fused-ring (bicyclic) bond motifs is 1. The summed E-state index contributed by atoms with van der Waals surface area (Å²) in [6, 6.07) is 15.2. The number of piperidine rings is 1. The largest absolute Gasteiger partial charge is 0.484 e. The van der Waals surface area contributed by atoms with Crippen LogP contribution in [0.25, 0.3) is 10.2 Å². The van der Waals surface area contributed by atoms with E-state index in [2.05, 4.69) is 10.3 Å². The highest BCUT2D eigenvalue weighted by atomic mass is 32.1. The van der Waals surface area contributed by atoms with Gasteiger partial charge in [0.15, 0.2) is 11.6 Å². The number of aromatic nitrogens is 1. The monoisotopic (exact) mass is 409 g/mol. The van der Waals surface area contributed by atoms with E-state index in [9.17, 15) is 9.59 Å². The summed E-state index contributed by atoms with van der Waals surface area (Å²) in [5.74, 6) is 0.440.